The van der Waals surface area contributed by atoms with Gasteiger partial charge in [-0.3, -0.25) is 9.48 Å². The van der Waals surface area contributed by atoms with E-state index in [0.29, 0.717) is 6.42 Å². The lowest BCUT2D eigenvalue weighted by atomic mass is 10.1. The van der Waals surface area contributed by atoms with Crippen molar-refractivity contribution in [1.82, 2.24) is 24.5 Å². The summed E-state index contributed by atoms with van der Waals surface area (Å²) < 4.78 is 3.78. The number of likely N-dealkylation sites (tertiary alicyclic amines) is 1. The van der Waals surface area contributed by atoms with Crippen molar-refractivity contribution in [3.05, 3.63) is 66.7 Å². The second-order valence-corrected chi connectivity index (χ2v) is 6.43. The van der Waals surface area contributed by atoms with Gasteiger partial charge < -0.3 is 4.90 Å². The average Bonchev–Trinajstić information content (AvgIpc) is 3.35. The third-order valence-electron chi connectivity index (χ3n) is 4.66. The minimum Gasteiger partial charge on any atom is -0.340 e. The molecule has 3 heterocycles. The van der Waals surface area contributed by atoms with E-state index in [9.17, 15) is 4.79 Å². The molecule has 6 nitrogen and oxygen atoms in total. The Morgan fingerprint density at radius 2 is 2.04 bits per heavy atom. The van der Waals surface area contributed by atoms with Gasteiger partial charge in [0.25, 0.3) is 0 Å². The Morgan fingerprint density at radius 3 is 2.84 bits per heavy atom. The lowest BCUT2D eigenvalue weighted by Gasteiger charge is -2.32. The van der Waals surface area contributed by atoms with Gasteiger partial charge in [-0.2, -0.15) is 10.2 Å². The quantitative estimate of drug-likeness (QED) is 0.736. The minimum absolute atomic E-state index is 0.157. The second-order valence-electron chi connectivity index (χ2n) is 6.43. The first-order valence-electron chi connectivity index (χ1n) is 8.65. The number of nitrogens with zero attached hydrogens (tertiary/aromatic N) is 5. The predicted molar refractivity (Wildman–Crippen MR) is 94.3 cm³/mol. The molecule has 25 heavy (non-hydrogen) atoms. The van der Waals surface area contributed by atoms with E-state index in [1.54, 1.807) is 12.4 Å². The first-order valence-corrected chi connectivity index (χ1v) is 8.65. The minimum atomic E-state index is 0.157. The highest BCUT2D eigenvalue weighted by Gasteiger charge is 2.25. The van der Waals surface area contributed by atoms with Crippen LogP contribution in [0.2, 0.25) is 0 Å². The average molecular weight is 335 g/mol. The van der Waals surface area contributed by atoms with Gasteiger partial charge in [-0.05, 0) is 36.6 Å². The molecule has 6 heteroatoms. The van der Waals surface area contributed by atoms with Crippen LogP contribution in [0.3, 0.4) is 0 Å². The molecule has 0 radical (unpaired) electrons. The van der Waals surface area contributed by atoms with Crippen LogP contribution < -0.4 is 0 Å². The first kappa shape index (κ1) is 15.6. The monoisotopic (exact) mass is 335 g/mol. The second kappa shape index (κ2) is 6.93. The molecule has 0 aliphatic carbocycles. The van der Waals surface area contributed by atoms with E-state index in [-0.39, 0.29) is 11.9 Å². The van der Waals surface area contributed by atoms with Crippen LogP contribution in [0.5, 0.6) is 0 Å². The number of carbonyl (C=O) groups is 1. The summed E-state index contributed by atoms with van der Waals surface area (Å²) in [5, 5.41) is 8.69. The van der Waals surface area contributed by atoms with Crippen molar-refractivity contribution in [3.63, 3.8) is 0 Å². The number of rotatable bonds is 4. The summed E-state index contributed by atoms with van der Waals surface area (Å²) >= 11 is 0. The van der Waals surface area contributed by atoms with Crippen molar-refractivity contribution in [2.24, 2.45) is 0 Å². The molecule has 1 aliphatic rings. The number of hydrogen-bond donors (Lipinski definition) is 0. The standard InChI is InChI=1S/C19H21N5O/c25-19(22-10-4-8-18(15-22)23-11-5-9-20-23)12-16-13-21-24(14-16)17-6-2-1-3-7-17/h1-3,5-7,9,11,13-14,18H,4,8,10,12,15H2/t18-/m0/s1. The number of piperidine rings is 1. The molecule has 1 amide bonds. The molecule has 1 atom stereocenters. The van der Waals surface area contributed by atoms with Gasteiger partial charge in [0.05, 0.1) is 24.3 Å². The van der Waals surface area contributed by atoms with Crippen LogP contribution in [0.25, 0.3) is 5.69 Å². The molecule has 128 valence electrons. The maximum Gasteiger partial charge on any atom is 0.227 e. The van der Waals surface area contributed by atoms with E-state index < -0.39 is 0 Å². The van der Waals surface area contributed by atoms with Gasteiger partial charge in [0.2, 0.25) is 5.91 Å². The van der Waals surface area contributed by atoms with Crippen LogP contribution >= 0.6 is 0 Å². The van der Waals surface area contributed by atoms with Crippen molar-refractivity contribution in [2.75, 3.05) is 13.1 Å². The normalized spacial score (nSPS) is 17.6. The summed E-state index contributed by atoms with van der Waals surface area (Å²) in [7, 11) is 0. The molecule has 0 bridgehead atoms. The fraction of sp³-hybridized carbons (Fsp3) is 0.316. The van der Waals surface area contributed by atoms with E-state index in [1.165, 1.54) is 0 Å². The Bertz CT molecular complexity index is 825. The molecule has 0 N–H and O–H groups in total. The lowest BCUT2D eigenvalue weighted by Crippen LogP contribution is -2.41. The number of aromatic nitrogens is 4. The number of hydrogen-bond acceptors (Lipinski definition) is 3. The highest BCUT2D eigenvalue weighted by Crippen LogP contribution is 2.21. The summed E-state index contributed by atoms with van der Waals surface area (Å²) in [6.45, 7) is 1.55. The zero-order valence-corrected chi connectivity index (χ0v) is 14.0. The molecule has 4 rings (SSSR count). The third kappa shape index (κ3) is 3.47. The highest BCUT2D eigenvalue weighted by atomic mass is 16.2. The molecule has 1 saturated heterocycles. The van der Waals surface area contributed by atoms with E-state index in [2.05, 4.69) is 10.2 Å². The number of carbonyl (C=O) groups excluding carboxylic acids is 1. The maximum absolute atomic E-state index is 12.7. The van der Waals surface area contributed by atoms with Crippen molar-refractivity contribution in [1.29, 1.82) is 0 Å². The van der Waals surface area contributed by atoms with Crippen LogP contribution in [-0.2, 0) is 11.2 Å². The number of amides is 1. The predicted octanol–water partition coefficient (Wildman–Crippen LogP) is 2.48. The van der Waals surface area contributed by atoms with E-state index in [4.69, 9.17) is 0 Å². The van der Waals surface area contributed by atoms with E-state index in [0.717, 1.165) is 37.2 Å². The van der Waals surface area contributed by atoms with Crippen molar-refractivity contribution in [3.8, 4) is 5.69 Å². The molecular weight excluding hydrogens is 314 g/mol. The lowest BCUT2D eigenvalue weighted by molar-refractivity contribution is -0.132. The number of para-hydroxylation sites is 1. The van der Waals surface area contributed by atoms with Crippen molar-refractivity contribution in [2.45, 2.75) is 25.3 Å². The van der Waals surface area contributed by atoms with Gasteiger partial charge in [-0.1, -0.05) is 18.2 Å². The molecule has 3 aromatic rings. The zero-order valence-electron chi connectivity index (χ0n) is 14.0. The summed E-state index contributed by atoms with van der Waals surface area (Å²) in [6.07, 6.45) is 9.94. The highest BCUT2D eigenvalue weighted by molar-refractivity contribution is 5.78. The smallest absolute Gasteiger partial charge is 0.227 e. The van der Waals surface area contributed by atoms with Crippen LogP contribution in [0, 0.1) is 0 Å². The SMILES string of the molecule is O=C(Cc1cnn(-c2ccccc2)c1)N1CCC[C@H](n2cccn2)C1. The topological polar surface area (TPSA) is 56.0 Å². The Kier molecular flexibility index (Phi) is 4.33. The molecule has 0 saturated carbocycles. The van der Waals surface area contributed by atoms with Gasteiger partial charge in [-0.15, -0.1) is 0 Å². The molecule has 0 unspecified atom stereocenters. The van der Waals surface area contributed by atoms with E-state index >= 15 is 0 Å². The third-order valence-corrected chi connectivity index (χ3v) is 4.66. The van der Waals surface area contributed by atoms with Crippen LogP contribution in [0.1, 0.15) is 24.4 Å². The molecule has 1 aromatic carbocycles. The maximum atomic E-state index is 12.7. The van der Waals surface area contributed by atoms with E-state index in [1.807, 2.05) is 63.1 Å². The van der Waals surface area contributed by atoms with Crippen LogP contribution in [0.15, 0.2) is 61.2 Å². The van der Waals surface area contributed by atoms with Gasteiger partial charge in [0.1, 0.15) is 0 Å². The summed E-state index contributed by atoms with van der Waals surface area (Å²) in [6, 6.07) is 12.1. The van der Waals surface area contributed by atoms with Gasteiger partial charge in [0, 0.05) is 31.7 Å². The Morgan fingerprint density at radius 1 is 1.16 bits per heavy atom. The molecule has 0 spiro atoms. The summed E-state index contributed by atoms with van der Waals surface area (Å²) in [5.74, 6) is 0.157. The molecule has 2 aromatic heterocycles. The Labute approximate surface area is 146 Å². The fourth-order valence-electron chi connectivity index (χ4n) is 3.35. The summed E-state index contributed by atoms with van der Waals surface area (Å²) in [4.78, 5) is 14.6. The number of benzene rings is 1. The van der Waals surface area contributed by atoms with Crippen LogP contribution in [-0.4, -0.2) is 43.5 Å². The largest absolute Gasteiger partial charge is 0.340 e. The van der Waals surface area contributed by atoms with Gasteiger partial charge in [-0.25, -0.2) is 4.68 Å². The molecule has 1 aliphatic heterocycles. The first-order chi connectivity index (χ1) is 12.3. The van der Waals surface area contributed by atoms with Crippen LogP contribution in [0.4, 0.5) is 0 Å². The fourth-order valence-corrected chi connectivity index (χ4v) is 3.35. The molecular formula is C19H21N5O. The van der Waals surface area contributed by atoms with Gasteiger partial charge in [0.15, 0.2) is 0 Å². The Balaban J connectivity index is 1.41. The van der Waals surface area contributed by atoms with Crippen molar-refractivity contribution < 1.29 is 4.79 Å². The van der Waals surface area contributed by atoms with Crippen molar-refractivity contribution >= 4 is 5.91 Å². The molecule has 1 fully saturated rings. The summed E-state index contributed by atoms with van der Waals surface area (Å²) in [5.41, 5.74) is 1.94. The Hall–Kier alpha value is -2.89. The van der Waals surface area contributed by atoms with Gasteiger partial charge >= 0.3 is 0 Å². The zero-order chi connectivity index (χ0) is 17.1.